The van der Waals surface area contributed by atoms with Crippen LogP contribution in [-0.4, -0.2) is 11.7 Å². The Hall–Kier alpha value is -1.74. The molecule has 0 aliphatic carbocycles. The molecule has 0 fully saturated rings. The molecule has 1 atom stereocenters. The van der Waals surface area contributed by atoms with Crippen molar-refractivity contribution in [3.8, 4) is 0 Å². The standard InChI is InChI=1S/C17H19NOS/c1-13-7-6-10-16(11-13)18-17(19)12-20-14(2)15-8-4-3-5-9-15/h3-11,14H,12H2,1-2H3,(H,18,19). The third-order valence-corrected chi connectivity index (χ3v) is 4.24. The van der Waals surface area contributed by atoms with Gasteiger partial charge in [-0.3, -0.25) is 4.79 Å². The Morgan fingerprint density at radius 2 is 1.90 bits per heavy atom. The molecule has 1 unspecified atom stereocenters. The predicted octanol–water partition coefficient (Wildman–Crippen LogP) is 4.43. The molecule has 0 radical (unpaired) electrons. The molecule has 1 N–H and O–H groups in total. The summed E-state index contributed by atoms with van der Waals surface area (Å²) in [6.45, 7) is 4.14. The highest BCUT2D eigenvalue weighted by molar-refractivity contribution is 8.00. The zero-order chi connectivity index (χ0) is 14.4. The minimum atomic E-state index is 0.0448. The Morgan fingerprint density at radius 1 is 1.15 bits per heavy atom. The van der Waals surface area contributed by atoms with Crippen molar-refractivity contribution in [1.29, 1.82) is 0 Å². The van der Waals surface area contributed by atoms with E-state index in [2.05, 4.69) is 24.4 Å². The summed E-state index contributed by atoms with van der Waals surface area (Å²) in [6, 6.07) is 18.1. The van der Waals surface area contributed by atoms with Gasteiger partial charge in [-0.2, -0.15) is 0 Å². The van der Waals surface area contributed by atoms with Gasteiger partial charge in [0.1, 0.15) is 0 Å². The van der Waals surface area contributed by atoms with Gasteiger partial charge in [-0.05, 0) is 37.1 Å². The number of thioether (sulfide) groups is 1. The lowest BCUT2D eigenvalue weighted by molar-refractivity contribution is -0.113. The van der Waals surface area contributed by atoms with Crippen molar-refractivity contribution in [2.24, 2.45) is 0 Å². The maximum atomic E-state index is 11.9. The molecule has 0 bridgehead atoms. The van der Waals surface area contributed by atoms with Gasteiger partial charge in [0.25, 0.3) is 0 Å². The Morgan fingerprint density at radius 3 is 2.60 bits per heavy atom. The fourth-order valence-electron chi connectivity index (χ4n) is 1.94. The first kappa shape index (κ1) is 14.7. The predicted molar refractivity (Wildman–Crippen MR) is 87.1 cm³/mol. The second-order valence-corrected chi connectivity index (χ2v) is 6.11. The van der Waals surface area contributed by atoms with Crippen LogP contribution < -0.4 is 5.32 Å². The molecule has 2 aromatic rings. The fourth-order valence-corrected chi connectivity index (χ4v) is 2.76. The van der Waals surface area contributed by atoms with Crippen molar-refractivity contribution in [3.05, 3.63) is 65.7 Å². The molecule has 0 aliphatic heterocycles. The minimum Gasteiger partial charge on any atom is -0.325 e. The lowest BCUT2D eigenvalue weighted by Crippen LogP contribution is -2.14. The summed E-state index contributed by atoms with van der Waals surface area (Å²) in [6.07, 6.45) is 0. The second kappa shape index (κ2) is 7.15. The van der Waals surface area contributed by atoms with Gasteiger partial charge in [-0.15, -0.1) is 11.8 Å². The van der Waals surface area contributed by atoms with Crippen LogP contribution in [0.4, 0.5) is 5.69 Å². The van der Waals surface area contributed by atoms with Gasteiger partial charge >= 0.3 is 0 Å². The van der Waals surface area contributed by atoms with Gasteiger partial charge in [-0.25, -0.2) is 0 Å². The van der Waals surface area contributed by atoms with Crippen LogP contribution in [0.25, 0.3) is 0 Å². The molecule has 1 amide bonds. The van der Waals surface area contributed by atoms with Crippen LogP contribution in [0.3, 0.4) is 0 Å². The second-order valence-electron chi connectivity index (χ2n) is 4.78. The van der Waals surface area contributed by atoms with E-state index >= 15 is 0 Å². The lowest BCUT2D eigenvalue weighted by Gasteiger charge is -2.11. The van der Waals surface area contributed by atoms with Crippen LogP contribution in [0.1, 0.15) is 23.3 Å². The van der Waals surface area contributed by atoms with Crippen LogP contribution in [0, 0.1) is 6.92 Å². The average molecular weight is 285 g/mol. The lowest BCUT2D eigenvalue weighted by atomic mass is 10.2. The molecule has 2 rings (SSSR count). The van der Waals surface area contributed by atoms with Crippen LogP contribution in [0.5, 0.6) is 0 Å². The Balaban J connectivity index is 1.83. The number of hydrogen-bond donors (Lipinski definition) is 1. The molecule has 0 aliphatic rings. The first-order valence-electron chi connectivity index (χ1n) is 6.68. The van der Waals surface area contributed by atoms with E-state index in [0.717, 1.165) is 11.3 Å². The molecular weight excluding hydrogens is 266 g/mol. The van der Waals surface area contributed by atoms with Crippen molar-refractivity contribution in [1.82, 2.24) is 0 Å². The van der Waals surface area contributed by atoms with E-state index in [0.29, 0.717) is 11.0 Å². The molecule has 2 aromatic carbocycles. The van der Waals surface area contributed by atoms with E-state index in [4.69, 9.17) is 0 Å². The number of anilines is 1. The molecule has 2 nitrogen and oxygen atoms in total. The summed E-state index contributed by atoms with van der Waals surface area (Å²) in [7, 11) is 0. The van der Waals surface area contributed by atoms with Crippen molar-refractivity contribution in [2.75, 3.05) is 11.1 Å². The van der Waals surface area contributed by atoms with Gasteiger partial charge in [0.05, 0.1) is 5.75 Å². The van der Waals surface area contributed by atoms with Gasteiger partial charge in [0.15, 0.2) is 0 Å². The number of nitrogens with one attached hydrogen (secondary N) is 1. The van der Waals surface area contributed by atoms with E-state index in [9.17, 15) is 4.79 Å². The first-order valence-corrected chi connectivity index (χ1v) is 7.73. The molecule has 0 spiro atoms. The first-order chi connectivity index (χ1) is 9.65. The van der Waals surface area contributed by atoms with Crippen molar-refractivity contribution in [2.45, 2.75) is 19.1 Å². The molecule has 3 heteroatoms. The van der Waals surface area contributed by atoms with Crippen LogP contribution in [0.2, 0.25) is 0 Å². The average Bonchev–Trinajstić information content (AvgIpc) is 2.46. The maximum Gasteiger partial charge on any atom is 0.234 e. The number of amides is 1. The van der Waals surface area contributed by atoms with Crippen LogP contribution >= 0.6 is 11.8 Å². The highest BCUT2D eigenvalue weighted by atomic mass is 32.2. The monoisotopic (exact) mass is 285 g/mol. The highest BCUT2D eigenvalue weighted by Crippen LogP contribution is 2.27. The quantitative estimate of drug-likeness (QED) is 0.880. The summed E-state index contributed by atoms with van der Waals surface area (Å²) in [5, 5.41) is 3.25. The van der Waals surface area contributed by atoms with Crippen molar-refractivity contribution in [3.63, 3.8) is 0 Å². The third kappa shape index (κ3) is 4.42. The van der Waals surface area contributed by atoms with Crippen LogP contribution in [-0.2, 0) is 4.79 Å². The zero-order valence-electron chi connectivity index (χ0n) is 11.8. The summed E-state index contributed by atoms with van der Waals surface area (Å²) >= 11 is 1.65. The third-order valence-electron chi connectivity index (χ3n) is 3.04. The largest absolute Gasteiger partial charge is 0.325 e. The molecule has 0 aromatic heterocycles. The summed E-state index contributed by atoms with van der Waals surface area (Å²) < 4.78 is 0. The SMILES string of the molecule is Cc1cccc(NC(=O)CSC(C)c2ccccc2)c1. The zero-order valence-corrected chi connectivity index (χ0v) is 12.6. The van der Waals surface area contributed by atoms with E-state index in [1.54, 1.807) is 11.8 Å². The summed E-state index contributed by atoms with van der Waals surface area (Å²) in [5.74, 6) is 0.507. The smallest absolute Gasteiger partial charge is 0.234 e. The van der Waals surface area contributed by atoms with E-state index in [-0.39, 0.29) is 5.91 Å². The maximum absolute atomic E-state index is 11.9. The highest BCUT2D eigenvalue weighted by Gasteiger charge is 2.09. The molecular formula is C17H19NOS. The van der Waals surface area contributed by atoms with Gasteiger partial charge in [0, 0.05) is 10.9 Å². The van der Waals surface area contributed by atoms with Gasteiger partial charge in [-0.1, -0.05) is 42.5 Å². The van der Waals surface area contributed by atoms with Crippen LogP contribution in [0.15, 0.2) is 54.6 Å². The van der Waals surface area contributed by atoms with Crippen molar-refractivity contribution < 1.29 is 4.79 Å². The number of carbonyl (C=O) groups excluding carboxylic acids is 1. The van der Waals surface area contributed by atoms with Gasteiger partial charge < -0.3 is 5.32 Å². The number of hydrogen-bond acceptors (Lipinski definition) is 2. The summed E-state index contributed by atoms with van der Waals surface area (Å²) in [5.41, 5.74) is 3.26. The number of aryl methyl sites for hydroxylation is 1. The normalized spacial score (nSPS) is 11.9. The summed E-state index contributed by atoms with van der Waals surface area (Å²) in [4.78, 5) is 11.9. The molecule has 0 heterocycles. The molecule has 0 saturated heterocycles. The Bertz CT molecular complexity index is 568. The van der Waals surface area contributed by atoms with E-state index in [1.807, 2.05) is 49.4 Å². The van der Waals surface area contributed by atoms with E-state index in [1.165, 1.54) is 5.56 Å². The topological polar surface area (TPSA) is 29.1 Å². The van der Waals surface area contributed by atoms with Crippen molar-refractivity contribution >= 4 is 23.4 Å². The minimum absolute atomic E-state index is 0.0448. The van der Waals surface area contributed by atoms with E-state index < -0.39 is 0 Å². The Kier molecular flexibility index (Phi) is 5.24. The number of carbonyl (C=O) groups is 1. The van der Waals surface area contributed by atoms with Gasteiger partial charge in [0.2, 0.25) is 5.91 Å². The molecule has 104 valence electrons. The number of rotatable bonds is 5. The Labute approximate surface area is 124 Å². The fraction of sp³-hybridized carbons (Fsp3) is 0.235. The number of benzene rings is 2. The molecule has 20 heavy (non-hydrogen) atoms. The molecule has 0 saturated carbocycles.